The van der Waals surface area contributed by atoms with E-state index in [4.69, 9.17) is 34.8 Å². The van der Waals surface area contributed by atoms with E-state index in [0.717, 1.165) is 22.6 Å². The standard InChI is InChI=1S/C15H12Cl3N3/c1-9(10-3-2-4-11(17)5-10)21-14(7-16)20-13-6-12(18)8-19-15(13)21/h2-6,8-9H,7H2,1H3. The van der Waals surface area contributed by atoms with Crippen LogP contribution in [-0.4, -0.2) is 14.5 Å². The Morgan fingerprint density at radius 3 is 2.71 bits per heavy atom. The lowest BCUT2D eigenvalue weighted by Gasteiger charge is -2.17. The van der Waals surface area contributed by atoms with Crippen LogP contribution in [0.25, 0.3) is 11.2 Å². The third kappa shape index (κ3) is 2.73. The van der Waals surface area contributed by atoms with Gasteiger partial charge in [-0.1, -0.05) is 35.3 Å². The molecule has 2 heterocycles. The summed E-state index contributed by atoms with van der Waals surface area (Å²) in [7, 11) is 0. The average molecular weight is 341 g/mol. The van der Waals surface area contributed by atoms with Crippen LogP contribution in [0.4, 0.5) is 0 Å². The second-order valence-corrected chi connectivity index (χ2v) is 5.90. The topological polar surface area (TPSA) is 30.7 Å². The summed E-state index contributed by atoms with van der Waals surface area (Å²) in [6, 6.07) is 9.56. The Bertz CT molecular complexity index is 798. The number of benzene rings is 1. The first-order valence-electron chi connectivity index (χ1n) is 6.44. The van der Waals surface area contributed by atoms with Gasteiger partial charge in [-0.15, -0.1) is 11.6 Å². The van der Waals surface area contributed by atoms with Crippen LogP contribution in [0.2, 0.25) is 10.0 Å². The summed E-state index contributed by atoms with van der Waals surface area (Å²) in [5.41, 5.74) is 2.58. The number of rotatable bonds is 3. The van der Waals surface area contributed by atoms with Gasteiger partial charge in [0.15, 0.2) is 5.65 Å². The summed E-state index contributed by atoms with van der Waals surface area (Å²) in [4.78, 5) is 8.91. The van der Waals surface area contributed by atoms with Gasteiger partial charge in [-0.25, -0.2) is 9.97 Å². The van der Waals surface area contributed by atoms with Gasteiger partial charge in [0, 0.05) is 11.2 Å². The van der Waals surface area contributed by atoms with Gasteiger partial charge in [-0.2, -0.15) is 0 Å². The number of hydrogen-bond acceptors (Lipinski definition) is 2. The van der Waals surface area contributed by atoms with Crippen molar-refractivity contribution in [1.82, 2.24) is 14.5 Å². The van der Waals surface area contributed by atoms with Crippen molar-refractivity contribution in [2.45, 2.75) is 18.8 Å². The molecule has 2 aromatic heterocycles. The van der Waals surface area contributed by atoms with Crippen molar-refractivity contribution in [1.29, 1.82) is 0 Å². The summed E-state index contributed by atoms with van der Waals surface area (Å²) >= 11 is 18.1. The number of pyridine rings is 1. The molecule has 0 saturated heterocycles. The zero-order chi connectivity index (χ0) is 15.0. The number of imidazole rings is 1. The highest BCUT2D eigenvalue weighted by molar-refractivity contribution is 6.31. The van der Waals surface area contributed by atoms with Gasteiger partial charge in [0.1, 0.15) is 11.3 Å². The molecule has 0 radical (unpaired) electrons. The molecule has 0 spiro atoms. The fourth-order valence-electron chi connectivity index (χ4n) is 2.42. The van der Waals surface area contributed by atoms with Crippen LogP contribution in [0.1, 0.15) is 24.4 Å². The predicted molar refractivity (Wildman–Crippen MR) is 87.4 cm³/mol. The molecule has 1 aromatic carbocycles. The van der Waals surface area contributed by atoms with Crippen molar-refractivity contribution in [3.63, 3.8) is 0 Å². The van der Waals surface area contributed by atoms with Gasteiger partial charge in [-0.3, -0.25) is 0 Å². The Kier molecular flexibility index (Phi) is 4.07. The van der Waals surface area contributed by atoms with Crippen LogP contribution in [0.3, 0.4) is 0 Å². The molecule has 0 amide bonds. The van der Waals surface area contributed by atoms with E-state index in [1.807, 2.05) is 28.8 Å². The quantitative estimate of drug-likeness (QED) is 0.622. The molecule has 0 N–H and O–H groups in total. The molecular formula is C15H12Cl3N3. The molecule has 1 unspecified atom stereocenters. The molecular weight excluding hydrogens is 329 g/mol. The highest BCUT2D eigenvalue weighted by Crippen LogP contribution is 2.28. The van der Waals surface area contributed by atoms with Gasteiger partial charge in [0.2, 0.25) is 0 Å². The fourth-order valence-corrected chi connectivity index (χ4v) is 2.96. The van der Waals surface area contributed by atoms with Crippen molar-refractivity contribution < 1.29 is 0 Å². The Hall–Kier alpha value is -1.29. The summed E-state index contributed by atoms with van der Waals surface area (Å²) < 4.78 is 2.02. The molecule has 3 rings (SSSR count). The van der Waals surface area contributed by atoms with E-state index >= 15 is 0 Å². The minimum Gasteiger partial charge on any atom is -0.304 e. The van der Waals surface area contributed by atoms with Crippen molar-refractivity contribution in [3.05, 3.63) is 58.0 Å². The maximum absolute atomic E-state index is 6.08. The molecule has 3 aromatic rings. The lowest BCUT2D eigenvalue weighted by Crippen LogP contribution is -2.10. The number of hydrogen-bond donors (Lipinski definition) is 0. The highest BCUT2D eigenvalue weighted by atomic mass is 35.5. The highest BCUT2D eigenvalue weighted by Gasteiger charge is 2.18. The van der Waals surface area contributed by atoms with Crippen LogP contribution in [-0.2, 0) is 5.88 Å². The Labute approximate surface area is 137 Å². The van der Waals surface area contributed by atoms with Gasteiger partial charge in [0.05, 0.1) is 16.9 Å². The Morgan fingerprint density at radius 1 is 1.19 bits per heavy atom. The van der Waals surface area contributed by atoms with E-state index < -0.39 is 0 Å². The lowest BCUT2D eigenvalue weighted by atomic mass is 10.1. The molecule has 0 aliphatic rings. The second-order valence-electron chi connectivity index (χ2n) is 4.76. The first-order chi connectivity index (χ1) is 10.1. The van der Waals surface area contributed by atoms with Crippen LogP contribution < -0.4 is 0 Å². The molecule has 0 saturated carbocycles. The molecule has 0 bridgehead atoms. The first kappa shape index (κ1) is 14.6. The van der Waals surface area contributed by atoms with Crippen molar-refractivity contribution in [3.8, 4) is 0 Å². The maximum atomic E-state index is 6.08. The van der Waals surface area contributed by atoms with E-state index in [9.17, 15) is 0 Å². The zero-order valence-corrected chi connectivity index (χ0v) is 13.5. The van der Waals surface area contributed by atoms with Gasteiger partial charge < -0.3 is 4.57 Å². The largest absolute Gasteiger partial charge is 0.304 e. The SMILES string of the molecule is CC(c1cccc(Cl)c1)n1c(CCl)nc2cc(Cl)cnc21. The molecule has 21 heavy (non-hydrogen) atoms. The number of halogens is 3. The molecule has 108 valence electrons. The van der Waals surface area contributed by atoms with Crippen LogP contribution in [0, 0.1) is 0 Å². The van der Waals surface area contributed by atoms with Crippen LogP contribution in [0.5, 0.6) is 0 Å². The van der Waals surface area contributed by atoms with Gasteiger partial charge >= 0.3 is 0 Å². The number of fused-ring (bicyclic) bond motifs is 1. The summed E-state index contributed by atoms with van der Waals surface area (Å²) in [6.07, 6.45) is 1.62. The Balaban J connectivity index is 2.18. The van der Waals surface area contributed by atoms with Crippen molar-refractivity contribution in [2.24, 2.45) is 0 Å². The maximum Gasteiger partial charge on any atom is 0.160 e. The molecule has 0 fully saturated rings. The Morgan fingerprint density at radius 2 is 2.00 bits per heavy atom. The fraction of sp³-hybridized carbons (Fsp3) is 0.200. The average Bonchev–Trinajstić information content (AvgIpc) is 2.83. The predicted octanol–water partition coefficient (Wildman–Crippen LogP) is 5.09. The van der Waals surface area contributed by atoms with Crippen molar-refractivity contribution in [2.75, 3.05) is 0 Å². The summed E-state index contributed by atoms with van der Waals surface area (Å²) in [5.74, 6) is 1.06. The number of nitrogens with zero attached hydrogens (tertiary/aromatic N) is 3. The van der Waals surface area contributed by atoms with Gasteiger partial charge in [-0.05, 0) is 30.7 Å². The molecule has 6 heteroatoms. The first-order valence-corrected chi connectivity index (χ1v) is 7.73. The molecule has 0 aliphatic heterocycles. The molecule has 1 atom stereocenters. The van der Waals surface area contributed by atoms with E-state index in [1.54, 1.807) is 12.3 Å². The van der Waals surface area contributed by atoms with Crippen molar-refractivity contribution >= 4 is 46.0 Å². The summed E-state index contributed by atoms with van der Waals surface area (Å²) in [5, 5.41) is 1.26. The number of alkyl halides is 1. The van der Waals surface area contributed by atoms with E-state index in [1.165, 1.54) is 0 Å². The summed E-state index contributed by atoms with van der Waals surface area (Å²) in [6.45, 7) is 2.07. The van der Waals surface area contributed by atoms with E-state index in [2.05, 4.69) is 16.9 Å². The smallest absolute Gasteiger partial charge is 0.160 e. The molecule has 0 aliphatic carbocycles. The number of aromatic nitrogens is 3. The second kappa shape index (κ2) is 5.84. The van der Waals surface area contributed by atoms with E-state index in [0.29, 0.717) is 15.9 Å². The molecule has 3 nitrogen and oxygen atoms in total. The zero-order valence-electron chi connectivity index (χ0n) is 11.2. The third-order valence-electron chi connectivity index (χ3n) is 3.41. The monoisotopic (exact) mass is 339 g/mol. The minimum atomic E-state index is 0.0242. The van der Waals surface area contributed by atoms with Crippen LogP contribution >= 0.6 is 34.8 Å². The van der Waals surface area contributed by atoms with Crippen LogP contribution in [0.15, 0.2) is 36.5 Å². The van der Waals surface area contributed by atoms with Gasteiger partial charge in [0.25, 0.3) is 0 Å². The lowest BCUT2D eigenvalue weighted by molar-refractivity contribution is 0.629. The third-order valence-corrected chi connectivity index (χ3v) is 4.09. The van der Waals surface area contributed by atoms with E-state index in [-0.39, 0.29) is 6.04 Å². The normalized spacial score (nSPS) is 12.8. The minimum absolute atomic E-state index is 0.0242.